The third-order valence-electron chi connectivity index (χ3n) is 4.47. The van der Waals surface area contributed by atoms with Gasteiger partial charge in [-0.2, -0.15) is 0 Å². The normalized spacial score (nSPS) is 14.2. The Morgan fingerprint density at radius 3 is 2.70 bits per heavy atom. The summed E-state index contributed by atoms with van der Waals surface area (Å²) >= 11 is 0. The number of anilines is 1. The summed E-state index contributed by atoms with van der Waals surface area (Å²) in [6, 6.07) is 4.14. The van der Waals surface area contributed by atoms with Gasteiger partial charge in [0.1, 0.15) is 5.82 Å². The van der Waals surface area contributed by atoms with Gasteiger partial charge < -0.3 is 20.1 Å². The molecule has 3 rings (SSSR count). The van der Waals surface area contributed by atoms with Crippen LogP contribution in [0, 0.1) is 5.92 Å². The second-order valence-corrected chi connectivity index (χ2v) is 6.87. The Hall–Kier alpha value is -3.30. The lowest BCUT2D eigenvalue weighted by atomic mass is 10.1. The van der Waals surface area contributed by atoms with Gasteiger partial charge in [0.05, 0.1) is 13.2 Å². The highest BCUT2D eigenvalue weighted by Gasteiger charge is 2.29. The van der Waals surface area contributed by atoms with Crippen molar-refractivity contribution in [3.8, 4) is 11.6 Å². The van der Waals surface area contributed by atoms with Gasteiger partial charge in [-0.05, 0) is 43.5 Å². The van der Waals surface area contributed by atoms with E-state index in [-0.39, 0.29) is 29.4 Å². The lowest BCUT2D eigenvalue weighted by Gasteiger charge is -2.16. The minimum absolute atomic E-state index is 0.0273. The Kier molecular flexibility index (Phi) is 6.76. The van der Waals surface area contributed by atoms with Gasteiger partial charge >= 0.3 is 0 Å². The molecule has 0 saturated heterocycles. The third kappa shape index (κ3) is 5.62. The van der Waals surface area contributed by atoms with Crippen molar-refractivity contribution in [2.24, 2.45) is 5.92 Å². The predicted octanol–water partition coefficient (Wildman–Crippen LogP) is 2.97. The predicted molar refractivity (Wildman–Crippen MR) is 104 cm³/mol. The zero-order valence-electron chi connectivity index (χ0n) is 16.5. The monoisotopic (exact) mass is 420 g/mol. The molecule has 2 aromatic heterocycles. The average Bonchev–Trinajstić information content (AvgIpc) is 3.57. The molecule has 2 amide bonds. The topological polar surface area (TPSA) is 102 Å². The Bertz CT molecular complexity index is 921. The number of carbonyl (C=O) groups excluding carboxylic acids is 2. The largest absolute Gasteiger partial charge is 0.491 e. The first kappa shape index (κ1) is 21.4. The molecule has 2 aromatic rings. The molecule has 2 heterocycles. The van der Waals surface area contributed by atoms with E-state index in [1.54, 1.807) is 13.0 Å². The Morgan fingerprint density at radius 1 is 1.27 bits per heavy atom. The maximum Gasteiger partial charge on any atom is 0.272 e. The molecule has 1 atom stereocenters. The summed E-state index contributed by atoms with van der Waals surface area (Å²) in [5.74, 6) is 0.00792. The van der Waals surface area contributed by atoms with Crippen LogP contribution in [0.3, 0.4) is 0 Å². The molecule has 0 aliphatic heterocycles. The Labute approximate surface area is 172 Å². The molecule has 1 aliphatic rings. The number of ether oxygens (including phenoxy) is 2. The molecule has 2 N–H and O–H groups in total. The summed E-state index contributed by atoms with van der Waals surface area (Å²) < 4.78 is 34.7. The molecule has 160 valence electrons. The number of alkyl halides is 2. The summed E-state index contributed by atoms with van der Waals surface area (Å²) in [5, 5.41) is 5.51. The van der Waals surface area contributed by atoms with Gasteiger partial charge in [-0.15, -0.1) is 0 Å². The van der Waals surface area contributed by atoms with E-state index in [9.17, 15) is 18.4 Å². The van der Waals surface area contributed by atoms with Crippen molar-refractivity contribution in [3.05, 3.63) is 41.7 Å². The number of hydrogen-bond acceptors (Lipinski definition) is 6. The van der Waals surface area contributed by atoms with E-state index >= 15 is 0 Å². The number of amides is 2. The zero-order valence-corrected chi connectivity index (χ0v) is 16.5. The first-order valence-corrected chi connectivity index (χ1v) is 9.40. The van der Waals surface area contributed by atoms with Crippen LogP contribution >= 0.6 is 0 Å². The highest BCUT2D eigenvalue weighted by molar-refractivity contribution is 5.97. The van der Waals surface area contributed by atoms with Gasteiger partial charge in [0.15, 0.2) is 12.4 Å². The van der Waals surface area contributed by atoms with Gasteiger partial charge in [-0.25, -0.2) is 18.7 Å². The molecule has 1 saturated carbocycles. The summed E-state index contributed by atoms with van der Waals surface area (Å²) in [6.07, 6.45) is 1.97. The van der Waals surface area contributed by atoms with Gasteiger partial charge in [0.25, 0.3) is 18.2 Å². The zero-order chi connectivity index (χ0) is 21.7. The van der Waals surface area contributed by atoms with Crippen LogP contribution in [0.4, 0.5) is 14.6 Å². The molecule has 0 spiro atoms. The van der Waals surface area contributed by atoms with Crippen molar-refractivity contribution in [2.45, 2.75) is 32.2 Å². The molecule has 0 aromatic carbocycles. The van der Waals surface area contributed by atoms with E-state index in [4.69, 9.17) is 9.47 Å². The van der Waals surface area contributed by atoms with Crippen molar-refractivity contribution in [1.29, 1.82) is 0 Å². The molecular formula is C20H22F2N4O4. The quantitative estimate of drug-likeness (QED) is 0.647. The first-order chi connectivity index (χ1) is 14.4. The lowest BCUT2D eigenvalue weighted by molar-refractivity contribution is -0.117. The van der Waals surface area contributed by atoms with Crippen LogP contribution < -0.4 is 20.1 Å². The number of halogens is 2. The standard InChI is InChI=1S/C20H22F2N4O4/c1-11(14-7-15(29-2)20(24-9-14)30-10-16(21)22)25-19(28)13-5-6-23-17(8-13)26-18(27)12-3-4-12/h5-9,11-12,16H,3-4,10H2,1-2H3,(H,25,28)(H,23,26,27). The summed E-state index contributed by atoms with van der Waals surface area (Å²) in [4.78, 5) is 32.5. The highest BCUT2D eigenvalue weighted by Crippen LogP contribution is 2.30. The molecule has 1 fully saturated rings. The summed E-state index contributed by atoms with van der Waals surface area (Å²) in [6.45, 7) is 0.946. The molecule has 10 heteroatoms. The summed E-state index contributed by atoms with van der Waals surface area (Å²) in [7, 11) is 1.37. The number of aromatic nitrogens is 2. The van der Waals surface area contributed by atoms with E-state index in [0.717, 1.165) is 12.8 Å². The third-order valence-corrected chi connectivity index (χ3v) is 4.47. The molecule has 8 nitrogen and oxygen atoms in total. The number of hydrogen-bond donors (Lipinski definition) is 2. The van der Waals surface area contributed by atoms with Crippen LogP contribution in [0.2, 0.25) is 0 Å². The second kappa shape index (κ2) is 9.47. The van der Waals surface area contributed by atoms with E-state index in [1.807, 2.05) is 0 Å². The minimum Gasteiger partial charge on any atom is -0.491 e. The van der Waals surface area contributed by atoms with Crippen LogP contribution in [0.15, 0.2) is 30.6 Å². The molecule has 30 heavy (non-hydrogen) atoms. The number of carbonyl (C=O) groups is 2. The first-order valence-electron chi connectivity index (χ1n) is 9.40. The fraction of sp³-hybridized carbons (Fsp3) is 0.400. The van der Waals surface area contributed by atoms with Crippen LogP contribution in [-0.2, 0) is 4.79 Å². The fourth-order valence-corrected chi connectivity index (χ4v) is 2.66. The van der Waals surface area contributed by atoms with Crippen molar-refractivity contribution >= 4 is 17.6 Å². The summed E-state index contributed by atoms with van der Waals surface area (Å²) in [5.41, 5.74) is 0.931. The number of pyridine rings is 2. The molecule has 0 radical (unpaired) electrons. The van der Waals surface area contributed by atoms with Gasteiger partial charge in [-0.1, -0.05) is 0 Å². The number of nitrogens with zero attached hydrogens (tertiary/aromatic N) is 2. The van der Waals surface area contributed by atoms with Crippen molar-refractivity contribution in [1.82, 2.24) is 15.3 Å². The SMILES string of the molecule is COc1cc(C(C)NC(=O)c2ccnc(NC(=O)C3CC3)c2)cnc1OCC(F)F. The van der Waals surface area contributed by atoms with Crippen molar-refractivity contribution < 1.29 is 27.8 Å². The van der Waals surface area contributed by atoms with E-state index in [1.165, 1.54) is 31.6 Å². The van der Waals surface area contributed by atoms with Gasteiger partial charge in [-0.3, -0.25) is 9.59 Å². The minimum atomic E-state index is -2.63. The van der Waals surface area contributed by atoms with Crippen molar-refractivity contribution in [3.63, 3.8) is 0 Å². The van der Waals surface area contributed by atoms with Crippen molar-refractivity contribution in [2.75, 3.05) is 19.0 Å². The van der Waals surface area contributed by atoms with E-state index in [0.29, 0.717) is 16.9 Å². The molecular weight excluding hydrogens is 398 g/mol. The lowest BCUT2D eigenvalue weighted by Crippen LogP contribution is -2.27. The van der Waals surface area contributed by atoms with Crippen LogP contribution in [0.25, 0.3) is 0 Å². The number of rotatable bonds is 9. The van der Waals surface area contributed by atoms with Gasteiger partial charge in [0.2, 0.25) is 5.91 Å². The highest BCUT2D eigenvalue weighted by atomic mass is 19.3. The van der Waals surface area contributed by atoms with Crippen LogP contribution in [-0.4, -0.2) is 41.9 Å². The maximum atomic E-state index is 12.6. The van der Waals surface area contributed by atoms with Crippen LogP contribution in [0.5, 0.6) is 11.6 Å². The van der Waals surface area contributed by atoms with E-state index in [2.05, 4.69) is 20.6 Å². The average molecular weight is 420 g/mol. The molecule has 1 unspecified atom stereocenters. The smallest absolute Gasteiger partial charge is 0.272 e. The number of nitrogens with one attached hydrogen (secondary N) is 2. The van der Waals surface area contributed by atoms with E-state index < -0.39 is 19.1 Å². The fourth-order valence-electron chi connectivity index (χ4n) is 2.66. The molecule has 0 bridgehead atoms. The molecule has 1 aliphatic carbocycles. The Morgan fingerprint density at radius 2 is 2.03 bits per heavy atom. The maximum absolute atomic E-state index is 12.6. The number of methoxy groups -OCH3 is 1. The second-order valence-electron chi connectivity index (χ2n) is 6.87. The van der Waals surface area contributed by atoms with Crippen LogP contribution in [0.1, 0.15) is 41.7 Å². The Balaban J connectivity index is 1.65. The van der Waals surface area contributed by atoms with Gasteiger partial charge in [0, 0.05) is 23.9 Å².